The minimum Gasteiger partial charge on any atom is -0.324 e. The fraction of sp³-hybridized carbons (Fsp3) is 0.409. The summed E-state index contributed by atoms with van der Waals surface area (Å²) in [4.78, 5) is 13.1. The molecule has 0 aliphatic carbocycles. The molecule has 180 valence electrons. The number of nitrogens with one attached hydrogen (secondary N) is 1. The third-order valence-electron chi connectivity index (χ3n) is 5.49. The van der Waals surface area contributed by atoms with Crippen LogP contribution in [0.5, 0.6) is 0 Å². The predicted octanol–water partition coefficient (Wildman–Crippen LogP) is 3.18. The van der Waals surface area contributed by atoms with Gasteiger partial charge in [0.2, 0.25) is 26.0 Å². The van der Waals surface area contributed by atoms with Gasteiger partial charge < -0.3 is 5.32 Å². The minimum absolute atomic E-state index is 0.138. The van der Waals surface area contributed by atoms with Crippen LogP contribution < -0.4 is 9.62 Å². The van der Waals surface area contributed by atoms with E-state index in [0.717, 1.165) is 42.0 Å². The summed E-state index contributed by atoms with van der Waals surface area (Å²) in [6.45, 7) is 2.65. The Morgan fingerprint density at radius 3 is 2.09 bits per heavy atom. The highest BCUT2D eigenvalue weighted by atomic mass is 32.2. The second-order valence-electron chi connectivity index (χ2n) is 7.94. The molecule has 1 atom stereocenters. The van der Waals surface area contributed by atoms with E-state index in [1.807, 2.05) is 0 Å². The Kier molecular flexibility index (Phi) is 7.76. The third kappa shape index (κ3) is 5.90. The van der Waals surface area contributed by atoms with Crippen molar-refractivity contribution in [3.05, 3.63) is 54.3 Å². The maximum Gasteiger partial charge on any atom is 0.248 e. The van der Waals surface area contributed by atoms with Gasteiger partial charge in [0.1, 0.15) is 11.9 Å². The van der Waals surface area contributed by atoms with Crippen LogP contribution in [0.25, 0.3) is 0 Å². The van der Waals surface area contributed by atoms with Crippen molar-refractivity contribution >= 4 is 37.3 Å². The number of hydrogen-bond acceptors (Lipinski definition) is 5. The average Bonchev–Trinajstić information content (AvgIpc) is 2.78. The Hall–Kier alpha value is -2.50. The smallest absolute Gasteiger partial charge is 0.248 e. The molecular weight excluding hydrogens is 469 g/mol. The van der Waals surface area contributed by atoms with Crippen LogP contribution in [0.15, 0.2) is 53.4 Å². The number of carbonyl (C=O) groups excluding carboxylic acids is 1. The van der Waals surface area contributed by atoms with E-state index >= 15 is 0 Å². The minimum atomic E-state index is -3.85. The zero-order valence-corrected chi connectivity index (χ0v) is 20.2. The lowest BCUT2D eigenvalue weighted by Gasteiger charge is -2.30. The van der Waals surface area contributed by atoms with E-state index in [-0.39, 0.29) is 17.0 Å². The lowest BCUT2D eigenvalue weighted by atomic mass is 10.2. The van der Waals surface area contributed by atoms with Gasteiger partial charge in [-0.25, -0.2) is 21.2 Å². The van der Waals surface area contributed by atoms with Crippen LogP contribution in [0, 0.1) is 5.82 Å². The van der Waals surface area contributed by atoms with Crippen LogP contribution in [0.2, 0.25) is 0 Å². The number of amides is 1. The summed E-state index contributed by atoms with van der Waals surface area (Å²) in [5.74, 6) is -1.11. The van der Waals surface area contributed by atoms with E-state index in [0.29, 0.717) is 18.8 Å². The first-order valence-electron chi connectivity index (χ1n) is 10.7. The first-order chi connectivity index (χ1) is 15.5. The molecule has 0 unspecified atom stereocenters. The number of hydrogen-bond donors (Lipinski definition) is 1. The van der Waals surface area contributed by atoms with Gasteiger partial charge in [-0.05, 0) is 67.8 Å². The number of nitrogens with zero attached hydrogens (tertiary/aromatic N) is 2. The standard InChI is InChI=1S/C22H28FN3O5S2/c1-3-21(26(32(2,28)29)19-11-7-17(23)8-12-19)22(27)24-18-9-13-20(14-10-18)33(30,31)25-15-5-4-6-16-25/h7-14,21H,3-6,15-16H2,1-2H3,(H,24,27)/t21-/m1/s1. The second-order valence-corrected chi connectivity index (χ2v) is 11.7. The van der Waals surface area contributed by atoms with E-state index in [1.54, 1.807) is 6.92 Å². The van der Waals surface area contributed by atoms with Crippen molar-refractivity contribution in [2.75, 3.05) is 29.0 Å². The fourth-order valence-corrected chi connectivity index (χ4v) is 6.57. The summed E-state index contributed by atoms with van der Waals surface area (Å²) < 4.78 is 66.2. The Bertz CT molecular complexity index is 1180. The number of rotatable bonds is 8. The lowest BCUT2D eigenvalue weighted by molar-refractivity contribution is -0.117. The molecule has 0 saturated carbocycles. The van der Waals surface area contributed by atoms with Gasteiger partial charge in [0.15, 0.2) is 0 Å². The fourth-order valence-electron chi connectivity index (χ4n) is 3.84. The van der Waals surface area contributed by atoms with E-state index in [4.69, 9.17) is 0 Å². The van der Waals surface area contributed by atoms with Crippen LogP contribution in [-0.2, 0) is 24.8 Å². The van der Waals surface area contributed by atoms with Gasteiger partial charge in [0, 0.05) is 18.8 Å². The molecule has 0 aromatic heterocycles. The summed E-state index contributed by atoms with van der Waals surface area (Å²) in [5.41, 5.74) is 0.507. The summed E-state index contributed by atoms with van der Waals surface area (Å²) in [6, 6.07) is 9.57. The third-order valence-corrected chi connectivity index (χ3v) is 8.58. The maximum atomic E-state index is 13.3. The summed E-state index contributed by atoms with van der Waals surface area (Å²) >= 11 is 0. The number of carbonyl (C=O) groups is 1. The van der Waals surface area contributed by atoms with E-state index in [2.05, 4.69) is 5.32 Å². The monoisotopic (exact) mass is 497 g/mol. The Labute approximate surface area is 194 Å². The molecule has 1 N–H and O–H groups in total. The van der Waals surface area contributed by atoms with Crippen molar-refractivity contribution in [2.24, 2.45) is 0 Å². The van der Waals surface area contributed by atoms with Gasteiger partial charge in [-0.15, -0.1) is 0 Å². The zero-order valence-electron chi connectivity index (χ0n) is 18.6. The topological polar surface area (TPSA) is 104 Å². The summed E-state index contributed by atoms with van der Waals surface area (Å²) in [7, 11) is -7.45. The summed E-state index contributed by atoms with van der Waals surface area (Å²) in [5, 5.41) is 2.66. The van der Waals surface area contributed by atoms with E-state index < -0.39 is 37.8 Å². The molecule has 1 fully saturated rings. The normalized spacial score (nSPS) is 16.2. The Morgan fingerprint density at radius 2 is 1.58 bits per heavy atom. The lowest BCUT2D eigenvalue weighted by Crippen LogP contribution is -2.47. The van der Waals surface area contributed by atoms with E-state index in [9.17, 15) is 26.0 Å². The highest BCUT2D eigenvalue weighted by molar-refractivity contribution is 7.92. The van der Waals surface area contributed by atoms with Gasteiger partial charge in [-0.3, -0.25) is 9.10 Å². The second kappa shape index (κ2) is 10.2. The van der Waals surface area contributed by atoms with Gasteiger partial charge in [-0.1, -0.05) is 13.3 Å². The molecule has 1 amide bonds. The average molecular weight is 498 g/mol. The molecule has 1 aliphatic rings. The number of sulfonamides is 2. The molecule has 33 heavy (non-hydrogen) atoms. The molecule has 3 rings (SSSR count). The molecule has 1 aliphatic heterocycles. The molecule has 0 bridgehead atoms. The molecule has 2 aromatic carbocycles. The first kappa shape index (κ1) is 25.1. The molecular formula is C22H28FN3O5S2. The van der Waals surface area contributed by atoms with Gasteiger partial charge >= 0.3 is 0 Å². The number of piperidine rings is 1. The number of halogens is 1. The quantitative estimate of drug-likeness (QED) is 0.603. The largest absolute Gasteiger partial charge is 0.324 e. The highest BCUT2D eigenvalue weighted by Crippen LogP contribution is 2.25. The maximum absolute atomic E-state index is 13.3. The van der Waals surface area contributed by atoms with Crippen molar-refractivity contribution in [3.8, 4) is 0 Å². The van der Waals surface area contributed by atoms with Crippen LogP contribution >= 0.6 is 0 Å². The van der Waals surface area contributed by atoms with Gasteiger partial charge in [0.25, 0.3) is 0 Å². The van der Waals surface area contributed by atoms with Gasteiger partial charge in [0.05, 0.1) is 16.8 Å². The van der Waals surface area contributed by atoms with Crippen molar-refractivity contribution in [1.82, 2.24) is 4.31 Å². The highest BCUT2D eigenvalue weighted by Gasteiger charge is 2.32. The van der Waals surface area contributed by atoms with Crippen molar-refractivity contribution in [2.45, 2.75) is 43.5 Å². The SMILES string of the molecule is CC[C@H](C(=O)Nc1ccc(S(=O)(=O)N2CCCCC2)cc1)N(c1ccc(F)cc1)S(C)(=O)=O. The van der Waals surface area contributed by atoms with E-state index in [1.165, 1.54) is 40.7 Å². The zero-order chi connectivity index (χ0) is 24.2. The van der Waals surface area contributed by atoms with Gasteiger partial charge in [-0.2, -0.15) is 4.31 Å². The predicted molar refractivity (Wildman–Crippen MR) is 125 cm³/mol. The van der Waals surface area contributed by atoms with Crippen molar-refractivity contribution in [1.29, 1.82) is 0 Å². The van der Waals surface area contributed by atoms with Crippen LogP contribution in [0.4, 0.5) is 15.8 Å². The Morgan fingerprint density at radius 1 is 1.00 bits per heavy atom. The molecule has 1 saturated heterocycles. The molecule has 0 radical (unpaired) electrons. The summed E-state index contributed by atoms with van der Waals surface area (Å²) in [6.07, 6.45) is 3.82. The van der Waals surface area contributed by atoms with Crippen LogP contribution in [-0.4, -0.2) is 52.4 Å². The molecule has 0 spiro atoms. The molecule has 8 nitrogen and oxygen atoms in total. The van der Waals surface area contributed by atoms with Crippen molar-refractivity contribution in [3.63, 3.8) is 0 Å². The molecule has 1 heterocycles. The number of benzene rings is 2. The van der Waals surface area contributed by atoms with Crippen molar-refractivity contribution < 1.29 is 26.0 Å². The first-order valence-corrected chi connectivity index (χ1v) is 14.0. The molecule has 2 aromatic rings. The van der Waals surface area contributed by atoms with Crippen LogP contribution in [0.1, 0.15) is 32.6 Å². The number of anilines is 2. The van der Waals surface area contributed by atoms with Crippen LogP contribution in [0.3, 0.4) is 0 Å². The molecule has 11 heteroatoms. The Balaban J connectivity index is 1.80.